The summed E-state index contributed by atoms with van der Waals surface area (Å²) in [4.78, 5) is 0. The quantitative estimate of drug-likeness (QED) is 0.513. The summed E-state index contributed by atoms with van der Waals surface area (Å²) in [6.07, 6.45) is 8.91. The second kappa shape index (κ2) is 3.97. The highest BCUT2D eigenvalue weighted by Gasteiger charge is 2.33. The Morgan fingerprint density at radius 1 is 1.46 bits per heavy atom. The maximum absolute atomic E-state index is 6.11. The smallest absolute Gasteiger partial charge is 0.113 e. The van der Waals surface area contributed by atoms with E-state index < -0.39 is 0 Å². The van der Waals surface area contributed by atoms with Crippen LogP contribution in [0.3, 0.4) is 0 Å². The summed E-state index contributed by atoms with van der Waals surface area (Å²) in [6.45, 7) is 5.64. The lowest BCUT2D eigenvalue weighted by Gasteiger charge is -2.39. The fourth-order valence-corrected chi connectivity index (χ4v) is 1.41. The molecule has 1 aliphatic carbocycles. The summed E-state index contributed by atoms with van der Waals surface area (Å²) < 4.78 is 0. The summed E-state index contributed by atoms with van der Waals surface area (Å²) >= 11 is 0. The first-order valence-electron chi connectivity index (χ1n) is 4.64. The zero-order valence-corrected chi connectivity index (χ0v) is 8.22. The van der Waals surface area contributed by atoms with Crippen LogP contribution in [0.5, 0.6) is 0 Å². The first-order valence-corrected chi connectivity index (χ1v) is 4.64. The van der Waals surface area contributed by atoms with Crippen LogP contribution in [0.1, 0.15) is 26.2 Å². The minimum atomic E-state index is -0.0576. The van der Waals surface area contributed by atoms with Crippen molar-refractivity contribution in [2.75, 3.05) is 0 Å². The molecule has 0 aromatic carbocycles. The molecule has 2 N–H and O–H groups in total. The van der Waals surface area contributed by atoms with Gasteiger partial charge in [-0.05, 0) is 26.2 Å². The lowest BCUT2D eigenvalue weighted by atomic mass is 9.72. The summed E-state index contributed by atoms with van der Waals surface area (Å²) in [6, 6.07) is 0. The van der Waals surface area contributed by atoms with Crippen LogP contribution in [0.4, 0.5) is 0 Å². The largest absolute Gasteiger partial charge is 0.322 e. The first-order chi connectivity index (χ1) is 6.08. The average Bonchev–Trinajstić information content (AvgIpc) is 2.09. The third kappa shape index (κ3) is 2.34. The van der Waals surface area contributed by atoms with Crippen molar-refractivity contribution < 1.29 is 0 Å². The molecule has 68 valence electrons. The van der Waals surface area contributed by atoms with E-state index in [0.717, 1.165) is 12.8 Å². The molecule has 0 saturated heterocycles. The number of nitrogens with two attached hydrogens (primary N) is 1. The molecule has 0 aliphatic heterocycles. The normalized spacial score (nSPS) is 22.3. The van der Waals surface area contributed by atoms with E-state index in [4.69, 9.17) is 13.6 Å². The van der Waals surface area contributed by atoms with Crippen molar-refractivity contribution in [1.82, 2.24) is 0 Å². The molecular formula is C11H16BN. The van der Waals surface area contributed by atoms with Crippen LogP contribution in [0.15, 0.2) is 35.9 Å². The Kier molecular flexibility index (Phi) is 3.15. The number of hydrogen-bond acceptors (Lipinski definition) is 1. The SMILES string of the molecule is [B]C(C=C)=CC=C(C)C1(N)CCC1. The van der Waals surface area contributed by atoms with Gasteiger partial charge in [0.15, 0.2) is 0 Å². The minimum absolute atomic E-state index is 0.0576. The van der Waals surface area contributed by atoms with Crippen LogP contribution in [-0.4, -0.2) is 13.4 Å². The second-order valence-electron chi connectivity index (χ2n) is 3.73. The van der Waals surface area contributed by atoms with Gasteiger partial charge < -0.3 is 5.73 Å². The van der Waals surface area contributed by atoms with E-state index in [1.807, 2.05) is 12.2 Å². The second-order valence-corrected chi connectivity index (χ2v) is 3.73. The van der Waals surface area contributed by atoms with Gasteiger partial charge in [-0.3, -0.25) is 0 Å². The van der Waals surface area contributed by atoms with Gasteiger partial charge in [-0.15, -0.1) is 0 Å². The highest BCUT2D eigenvalue weighted by molar-refractivity contribution is 6.23. The molecule has 1 fully saturated rings. The lowest BCUT2D eigenvalue weighted by Crippen LogP contribution is -2.47. The van der Waals surface area contributed by atoms with E-state index in [0.29, 0.717) is 5.47 Å². The Labute approximate surface area is 81.8 Å². The number of hydrogen-bond donors (Lipinski definition) is 1. The molecule has 0 heterocycles. The van der Waals surface area contributed by atoms with Gasteiger partial charge in [-0.1, -0.05) is 35.9 Å². The van der Waals surface area contributed by atoms with Crippen molar-refractivity contribution in [2.24, 2.45) is 5.73 Å². The van der Waals surface area contributed by atoms with Gasteiger partial charge in [0.25, 0.3) is 0 Å². The first kappa shape index (κ1) is 10.3. The van der Waals surface area contributed by atoms with E-state index in [-0.39, 0.29) is 5.54 Å². The van der Waals surface area contributed by atoms with Gasteiger partial charge in [0.05, 0.1) is 0 Å². The Balaban J connectivity index is 2.65. The van der Waals surface area contributed by atoms with Crippen LogP contribution in [0, 0.1) is 0 Å². The van der Waals surface area contributed by atoms with Crippen molar-refractivity contribution in [2.45, 2.75) is 31.7 Å². The molecule has 0 bridgehead atoms. The molecule has 0 aromatic rings. The van der Waals surface area contributed by atoms with Crippen LogP contribution < -0.4 is 5.73 Å². The zero-order valence-electron chi connectivity index (χ0n) is 8.22. The minimum Gasteiger partial charge on any atom is -0.322 e. The predicted octanol–water partition coefficient (Wildman–Crippen LogP) is 2.05. The Morgan fingerprint density at radius 3 is 2.46 bits per heavy atom. The van der Waals surface area contributed by atoms with Gasteiger partial charge in [0.1, 0.15) is 7.85 Å². The van der Waals surface area contributed by atoms with E-state index in [9.17, 15) is 0 Å². The Morgan fingerprint density at radius 2 is 2.08 bits per heavy atom. The fourth-order valence-electron chi connectivity index (χ4n) is 1.41. The Hall–Kier alpha value is -0.755. The maximum atomic E-state index is 6.11. The summed E-state index contributed by atoms with van der Waals surface area (Å²) in [5.41, 5.74) is 7.95. The number of rotatable bonds is 3. The molecule has 1 nitrogen and oxygen atoms in total. The molecule has 0 aromatic heterocycles. The molecule has 0 amide bonds. The van der Waals surface area contributed by atoms with Gasteiger partial charge in [0, 0.05) is 5.54 Å². The summed E-state index contributed by atoms with van der Waals surface area (Å²) in [5, 5.41) is 0. The molecule has 2 heteroatoms. The van der Waals surface area contributed by atoms with Gasteiger partial charge >= 0.3 is 0 Å². The monoisotopic (exact) mass is 173 g/mol. The number of allylic oxidation sites excluding steroid dienone is 4. The highest BCUT2D eigenvalue weighted by Crippen LogP contribution is 2.35. The van der Waals surface area contributed by atoms with Gasteiger partial charge in [-0.2, -0.15) is 0 Å². The van der Waals surface area contributed by atoms with Crippen molar-refractivity contribution in [3.05, 3.63) is 35.9 Å². The Bertz CT molecular complexity index is 259. The third-order valence-corrected chi connectivity index (χ3v) is 2.79. The van der Waals surface area contributed by atoms with Crippen LogP contribution in [-0.2, 0) is 0 Å². The summed E-state index contributed by atoms with van der Waals surface area (Å²) in [5.74, 6) is 0. The molecule has 13 heavy (non-hydrogen) atoms. The van der Waals surface area contributed by atoms with Crippen molar-refractivity contribution >= 4 is 7.85 Å². The van der Waals surface area contributed by atoms with Crippen LogP contribution >= 0.6 is 0 Å². The van der Waals surface area contributed by atoms with Crippen molar-refractivity contribution in [3.8, 4) is 0 Å². The molecule has 2 radical (unpaired) electrons. The fraction of sp³-hybridized carbons (Fsp3) is 0.455. The summed E-state index contributed by atoms with van der Waals surface area (Å²) in [7, 11) is 5.58. The molecule has 1 rings (SSSR count). The van der Waals surface area contributed by atoms with Gasteiger partial charge in [0.2, 0.25) is 0 Å². The van der Waals surface area contributed by atoms with E-state index in [2.05, 4.69) is 13.5 Å². The molecule has 1 saturated carbocycles. The zero-order chi connectivity index (χ0) is 9.90. The third-order valence-electron chi connectivity index (χ3n) is 2.79. The predicted molar refractivity (Wildman–Crippen MR) is 58.6 cm³/mol. The van der Waals surface area contributed by atoms with E-state index in [1.165, 1.54) is 12.0 Å². The van der Waals surface area contributed by atoms with E-state index in [1.54, 1.807) is 6.08 Å². The van der Waals surface area contributed by atoms with Crippen molar-refractivity contribution in [1.29, 1.82) is 0 Å². The molecule has 1 aliphatic rings. The topological polar surface area (TPSA) is 26.0 Å². The standard InChI is InChI=1S/C11H16BN/c1-3-10(12)6-5-9(2)11(13)7-4-8-11/h3,5-6H,1,4,7-8,13H2,2H3. The maximum Gasteiger partial charge on any atom is 0.113 e. The average molecular weight is 173 g/mol. The van der Waals surface area contributed by atoms with Crippen LogP contribution in [0.2, 0.25) is 0 Å². The molecular weight excluding hydrogens is 157 g/mol. The molecule has 0 atom stereocenters. The lowest BCUT2D eigenvalue weighted by molar-refractivity contribution is 0.298. The van der Waals surface area contributed by atoms with Crippen molar-refractivity contribution in [3.63, 3.8) is 0 Å². The van der Waals surface area contributed by atoms with E-state index >= 15 is 0 Å². The van der Waals surface area contributed by atoms with Crippen LogP contribution in [0.25, 0.3) is 0 Å². The molecule has 0 unspecified atom stereocenters. The highest BCUT2D eigenvalue weighted by atomic mass is 14.8. The molecule has 0 spiro atoms. The van der Waals surface area contributed by atoms with Gasteiger partial charge in [-0.25, -0.2) is 0 Å².